The monoisotopic (exact) mass is 612 g/mol. The molecule has 1 aliphatic heterocycles. The predicted molar refractivity (Wildman–Crippen MR) is 163 cm³/mol. The molecule has 1 aliphatic rings. The Hall–Kier alpha value is -5.38. The summed E-state index contributed by atoms with van der Waals surface area (Å²) in [5.74, 6) is -2.43. The number of pyridine rings is 2. The molecular formula is C33H30F2N6O4. The molecular weight excluding hydrogens is 582 g/mol. The summed E-state index contributed by atoms with van der Waals surface area (Å²) in [6, 6.07) is 17.1. The molecule has 1 amide bonds. The highest BCUT2D eigenvalue weighted by atomic mass is 19.1. The number of aromatic hydroxyl groups is 1. The van der Waals surface area contributed by atoms with E-state index in [1.807, 2.05) is 23.1 Å². The molecule has 0 aliphatic carbocycles. The highest BCUT2D eigenvalue weighted by molar-refractivity contribution is 5.94. The maximum Gasteiger partial charge on any atom is 0.303 e. The third-order valence-electron chi connectivity index (χ3n) is 7.64. The largest absolute Gasteiger partial charge is 0.504 e. The van der Waals surface area contributed by atoms with Gasteiger partial charge >= 0.3 is 5.91 Å². The molecule has 3 heterocycles. The number of carbonyl (C=O) groups is 1. The van der Waals surface area contributed by atoms with Crippen molar-refractivity contribution in [1.29, 1.82) is 5.26 Å². The van der Waals surface area contributed by atoms with Crippen LogP contribution in [-0.2, 0) is 11.3 Å². The first-order chi connectivity index (χ1) is 21.8. The van der Waals surface area contributed by atoms with Crippen LogP contribution in [0.4, 0.5) is 14.6 Å². The molecule has 0 atom stereocenters. The molecule has 5 rings (SSSR count). The topological polar surface area (TPSA) is 144 Å². The second-order valence-corrected chi connectivity index (χ2v) is 10.4. The van der Waals surface area contributed by atoms with Gasteiger partial charge in [0.25, 0.3) is 0 Å². The van der Waals surface area contributed by atoms with Crippen molar-refractivity contribution in [1.82, 2.24) is 20.8 Å². The van der Waals surface area contributed by atoms with Crippen molar-refractivity contribution in [2.45, 2.75) is 25.4 Å². The quantitative estimate of drug-likeness (QED) is 0.115. The number of carbonyl (C=O) groups excluding carboxylic acids is 1. The second kappa shape index (κ2) is 13.9. The van der Waals surface area contributed by atoms with Crippen LogP contribution in [0.25, 0.3) is 28.3 Å². The molecule has 4 aromatic rings. The zero-order valence-corrected chi connectivity index (χ0v) is 24.3. The van der Waals surface area contributed by atoms with Gasteiger partial charge in [-0.25, -0.2) is 24.2 Å². The van der Waals surface area contributed by atoms with Crippen molar-refractivity contribution in [3.8, 4) is 39.8 Å². The average molecular weight is 613 g/mol. The number of rotatable bonds is 9. The first kappa shape index (κ1) is 31.1. The summed E-state index contributed by atoms with van der Waals surface area (Å²) in [4.78, 5) is 21.7. The number of halogens is 2. The Morgan fingerprint density at radius 1 is 1.11 bits per heavy atom. The highest BCUT2D eigenvalue weighted by Gasteiger charge is 2.26. The van der Waals surface area contributed by atoms with Gasteiger partial charge in [0.1, 0.15) is 11.8 Å². The molecule has 12 heteroatoms. The van der Waals surface area contributed by atoms with Gasteiger partial charge in [0.05, 0.1) is 7.11 Å². The molecule has 230 valence electrons. The molecule has 2 aromatic heterocycles. The number of benzene rings is 2. The maximum absolute atomic E-state index is 16.4. The van der Waals surface area contributed by atoms with Gasteiger partial charge in [0.15, 0.2) is 29.0 Å². The number of piperidine rings is 1. The van der Waals surface area contributed by atoms with E-state index in [-0.39, 0.29) is 34.6 Å². The zero-order chi connectivity index (χ0) is 31.9. The molecule has 1 saturated heterocycles. The van der Waals surface area contributed by atoms with Crippen LogP contribution >= 0.6 is 0 Å². The molecule has 2 aromatic carbocycles. The number of aromatic nitrogens is 2. The Kier molecular flexibility index (Phi) is 9.62. The minimum absolute atomic E-state index is 0.0910. The van der Waals surface area contributed by atoms with Crippen LogP contribution in [0.2, 0.25) is 0 Å². The third kappa shape index (κ3) is 7.06. The molecule has 4 N–H and O–H groups in total. The molecule has 0 bridgehead atoms. The van der Waals surface area contributed by atoms with Crippen molar-refractivity contribution in [3.05, 3.63) is 95.5 Å². The Labute approximate surface area is 258 Å². The highest BCUT2D eigenvalue weighted by Crippen LogP contribution is 2.40. The van der Waals surface area contributed by atoms with E-state index in [4.69, 9.17) is 9.94 Å². The summed E-state index contributed by atoms with van der Waals surface area (Å²) in [5.41, 5.74) is 4.64. The van der Waals surface area contributed by atoms with Crippen LogP contribution in [-0.4, -0.2) is 52.4 Å². The third-order valence-corrected chi connectivity index (χ3v) is 7.64. The lowest BCUT2D eigenvalue weighted by Gasteiger charge is -2.34. The predicted octanol–water partition coefficient (Wildman–Crippen LogP) is 5.11. The Morgan fingerprint density at radius 3 is 2.47 bits per heavy atom. The summed E-state index contributed by atoms with van der Waals surface area (Å²) in [5, 5.41) is 31.6. The molecule has 45 heavy (non-hydrogen) atoms. The lowest BCUT2D eigenvalue weighted by Crippen LogP contribution is -2.43. The zero-order valence-electron chi connectivity index (χ0n) is 24.3. The molecule has 0 saturated carbocycles. The number of anilines is 1. The normalized spacial score (nSPS) is 13.8. The maximum atomic E-state index is 16.4. The minimum atomic E-state index is -1.21. The Morgan fingerprint density at radius 2 is 1.84 bits per heavy atom. The van der Waals surface area contributed by atoms with Gasteiger partial charge in [-0.3, -0.25) is 10.0 Å². The summed E-state index contributed by atoms with van der Waals surface area (Å²) in [6.07, 6.45) is 5.55. The number of phenolic OH excluding ortho intramolecular Hbond substituents is 1. The number of hydroxylamine groups is 1. The van der Waals surface area contributed by atoms with E-state index >= 15 is 4.39 Å². The number of phenols is 1. The first-order valence-electron chi connectivity index (χ1n) is 14.1. The van der Waals surface area contributed by atoms with Crippen molar-refractivity contribution in [2.75, 3.05) is 25.1 Å². The lowest BCUT2D eigenvalue weighted by molar-refractivity contribution is -0.126. The second-order valence-electron chi connectivity index (χ2n) is 10.4. The van der Waals surface area contributed by atoms with E-state index in [0.717, 1.165) is 24.5 Å². The van der Waals surface area contributed by atoms with Crippen LogP contribution in [0.15, 0.2) is 72.8 Å². The van der Waals surface area contributed by atoms with Gasteiger partial charge < -0.3 is 20.1 Å². The number of hydrogen-bond donors (Lipinski definition) is 4. The van der Waals surface area contributed by atoms with Crippen molar-refractivity contribution >= 4 is 17.8 Å². The van der Waals surface area contributed by atoms with E-state index < -0.39 is 17.6 Å². The number of hydrogen-bond acceptors (Lipinski definition) is 9. The SMILES string of the molecule is COc1ccc(-c2cnc(N3CCC(NCc4ccc(C=C(F)C(=O)NO)cc4)CC3)c(F)c2-c2ccc(C#N)nc2)cc1O. The van der Waals surface area contributed by atoms with Crippen molar-refractivity contribution in [2.24, 2.45) is 0 Å². The Balaban J connectivity index is 1.30. The lowest BCUT2D eigenvalue weighted by atomic mass is 9.95. The van der Waals surface area contributed by atoms with Gasteiger partial charge in [-0.15, -0.1) is 0 Å². The van der Waals surface area contributed by atoms with Gasteiger partial charge in [-0.05, 0) is 59.9 Å². The van der Waals surface area contributed by atoms with Crippen LogP contribution in [0.5, 0.6) is 11.5 Å². The molecule has 0 unspecified atom stereocenters. The van der Waals surface area contributed by atoms with Gasteiger partial charge in [-0.2, -0.15) is 5.26 Å². The Bertz CT molecular complexity index is 1750. The molecule has 0 radical (unpaired) electrons. The summed E-state index contributed by atoms with van der Waals surface area (Å²) >= 11 is 0. The number of nitrogens with one attached hydrogen (secondary N) is 2. The van der Waals surface area contributed by atoms with Crippen LogP contribution in [0, 0.1) is 17.1 Å². The minimum Gasteiger partial charge on any atom is -0.504 e. The number of nitriles is 1. The van der Waals surface area contributed by atoms with Crippen LogP contribution in [0.1, 0.15) is 29.7 Å². The first-order valence-corrected chi connectivity index (χ1v) is 14.1. The number of ether oxygens (including phenoxy) is 1. The number of nitrogens with zero attached hydrogens (tertiary/aromatic N) is 4. The van der Waals surface area contributed by atoms with Gasteiger partial charge in [-0.1, -0.05) is 30.3 Å². The van der Waals surface area contributed by atoms with E-state index in [0.29, 0.717) is 41.9 Å². The average Bonchev–Trinajstić information content (AvgIpc) is 3.07. The van der Waals surface area contributed by atoms with E-state index in [2.05, 4.69) is 15.3 Å². The van der Waals surface area contributed by atoms with Crippen molar-refractivity contribution < 1.29 is 28.6 Å². The fourth-order valence-electron chi connectivity index (χ4n) is 5.22. The summed E-state index contributed by atoms with van der Waals surface area (Å²) in [6.45, 7) is 1.69. The number of amides is 1. The molecule has 10 nitrogen and oxygen atoms in total. The summed E-state index contributed by atoms with van der Waals surface area (Å²) in [7, 11) is 1.45. The van der Waals surface area contributed by atoms with E-state index in [1.165, 1.54) is 30.9 Å². The van der Waals surface area contributed by atoms with Gasteiger partial charge in [0.2, 0.25) is 0 Å². The summed E-state index contributed by atoms with van der Waals surface area (Å²) < 4.78 is 35.2. The van der Waals surface area contributed by atoms with Crippen LogP contribution < -0.4 is 20.4 Å². The van der Waals surface area contributed by atoms with Gasteiger partial charge in [0, 0.05) is 54.8 Å². The smallest absolute Gasteiger partial charge is 0.303 e. The fraction of sp³-hybridized carbons (Fsp3) is 0.212. The fourth-order valence-corrected chi connectivity index (χ4v) is 5.22. The van der Waals surface area contributed by atoms with E-state index in [9.17, 15) is 19.6 Å². The molecule has 0 spiro atoms. The molecule has 1 fully saturated rings. The van der Waals surface area contributed by atoms with E-state index in [1.54, 1.807) is 36.5 Å². The standard InChI is InChI=1S/C33H30F2N6O4/c1-45-29-9-7-22(15-28(29)42)26-19-39-32(31(35)30(26)23-6-8-25(16-36)38-18-23)41-12-10-24(11-13-41)37-17-21-4-2-20(3-5-21)14-27(34)33(43)40-44/h2-9,14-15,18-19,24,37,42,44H,10-13,17H2,1H3,(H,40,43). The van der Waals surface area contributed by atoms with Crippen LogP contribution in [0.3, 0.4) is 0 Å². The van der Waals surface area contributed by atoms with Crippen molar-refractivity contribution in [3.63, 3.8) is 0 Å². The number of methoxy groups -OCH3 is 1.